The average molecular weight is 514 g/mol. The molecule has 4 aromatic rings. The van der Waals surface area contributed by atoms with Gasteiger partial charge in [-0.25, -0.2) is 4.98 Å². The molecular weight excluding hydrogens is 478 g/mol. The van der Waals surface area contributed by atoms with Crippen molar-refractivity contribution in [1.29, 1.82) is 0 Å². The van der Waals surface area contributed by atoms with Crippen LogP contribution in [0.3, 0.4) is 0 Å². The minimum Gasteiger partial charge on any atom is -0.348 e. The highest BCUT2D eigenvalue weighted by Crippen LogP contribution is 2.33. The summed E-state index contributed by atoms with van der Waals surface area (Å²) >= 11 is 0. The van der Waals surface area contributed by atoms with E-state index in [1.165, 1.54) is 12.5 Å². The van der Waals surface area contributed by atoms with E-state index in [2.05, 4.69) is 49.5 Å². The number of carbonyl (C=O) groups is 1. The Morgan fingerprint density at radius 1 is 1.16 bits per heavy atom. The van der Waals surface area contributed by atoms with Crippen molar-refractivity contribution in [2.75, 3.05) is 31.5 Å². The van der Waals surface area contributed by atoms with Crippen LogP contribution in [0, 0.1) is 6.92 Å². The molecule has 3 aromatic heterocycles. The van der Waals surface area contributed by atoms with Crippen LogP contribution in [0.4, 0.5) is 11.6 Å². The van der Waals surface area contributed by atoms with Crippen LogP contribution in [0.2, 0.25) is 0 Å². The molecule has 6 rings (SSSR count). The van der Waals surface area contributed by atoms with Crippen LogP contribution in [-0.4, -0.2) is 56.0 Å². The van der Waals surface area contributed by atoms with E-state index in [4.69, 9.17) is 4.98 Å². The lowest BCUT2D eigenvalue weighted by atomic mass is 10.0. The van der Waals surface area contributed by atoms with Crippen molar-refractivity contribution < 1.29 is 4.79 Å². The minimum absolute atomic E-state index is 0.0524. The summed E-state index contributed by atoms with van der Waals surface area (Å²) in [5, 5.41) is 8.71. The molecule has 9 heteroatoms. The minimum atomic E-state index is -0.234. The Labute approximate surface area is 221 Å². The zero-order valence-corrected chi connectivity index (χ0v) is 22.4. The third kappa shape index (κ3) is 4.39. The van der Waals surface area contributed by atoms with E-state index in [0.29, 0.717) is 17.2 Å². The number of anilines is 2. The molecule has 0 radical (unpaired) electrons. The van der Waals surface area contributed by atoms with Crippen molar-refractivity contribution in [3.8, 4) is 0 Å². The van der Waals surface area contributed by atoms with Gasteiger partial charge in [0.25, 0.3) is 5.56 Å². The number of benzene rings is 1. The molecule has 1 aliphatic carbocycles. The highest BCUT2D eigenvalue weighted by atomic mass is 16.1. The molecule has 0 unspecified atom stereocenters. The molecule has 0 spiro atoms. The molecule has 1 aliphatic heterocycles. The van der Waals surface area contributed by atoms with Crippen molar-refractivity contribution in [1.82, 2.24) is 29.3 Å². The number of aryl methyl sites for hydroxylation is 2. The van der Waals surface area contributed by atoms with E-state index >= 15 is 0 Å². The number of ketones is 1. The Morgan fingerprint density at radius 3 is 2.66 bits per heavy atom. The number of fused-ring (bicyclic) bond motifs is 2. The fourth-order valence-corrected chi connectivity index (χ4v) is 6.19. The number of nitrogens with zero attached hydrogens (tertiary/aromatic N) is 5. The van der Waals surface area contributed by atoms with Crippen LogP contribution in [0.5, 0.6) is 0 Å². The number of carbonyl (C=O) groups excluding carboxylic acids is 1. The number of hydrogen-bond acceptors (Lipinski definition) is 7. The van der Waals surface area contributed by atoms with E-state index in [1.807, 2.05) is 14.0 Å². The second-order valence-electron chi connectivity index (χ2n) is 10.8. The van der Waals surface area contributed by atoms with Gasteiger partial charge in [-0.05, 0) is 49.9 Å². The van der Waals surface area contributed by atoms with Crippen LogP contribution in [0.1, 0.15) is 60.1 Å². The zero-order chi connectivity index (χ0) is 26.4. The fourth-order valence-electron chi connectivity index (χ4n) is 6.19. The number of Topliss-reactive ketones (excluding diaryl/α,β-unsaturated/α-hetero) is 1. The highest BCUT2D eigenvalue weighted by Gasteiger charge is 2.26. The van der Waals surface area contributed by atoms with Gasteiger partial charge >= 0.3 is 0 Å². The van der Waals surface area contributed by atoms with Crippen LogP contribution < -0.4 is 16.2 Å². The molecule has 2 N–H and O–H groups in total. The largest absolute Gasteiger partial charge is 0.348 e. The molecule has 2 fully saturated rings. The van der Waals surface area contributed by atoms with Gasteiger partial charge in [0.1, 0.15) is 5.65 Å². The molecule has 1 aromatic carbocycles. The molecule has 38 heavy (non-hydrogen) atoms. The molecule has 4 heterocycles. The van der Waals surface area contributed by atoms with Crippen molar-refractivity contribution in [2.24, 2.45) is 7.05 Å². The number of pyridine rings is 1. The number of rotatable bonds is 6. The van der Waals surface area contributed by atoms with Gasteiger partial charge in [-0.3, -0.25) is 19.1 Å². The lowest BCUT2D eigenvalue weighted by Crippen LogP contribution is -2.42. The summed E-state index contributed by atoms with van der Waals surface area (Å²) < 4.78 is 3.86. The second kappa shape index (κ2) is 9.96. The summed E-state index contributed by atoms with van der Waals surface area (Å²) in [5.74, 6) is 0.231. The van der Waals surface area contributed by atoms with Gasteiger partial charge in [-0.1, -0.05) is 18.9 Å². The molecule has 1 saturated heterocycles. The maximum absolute atomic E-state index is 13.5. The summed E-state index contributed by atoms with van der Waals surface area (Å²) in [6.45, 7) is 8.36. The summed E-state index contributed by atoms with van der Waals surface area (Å²) in [4.78, 5) is 37.9. The normalized spacial score (nSPS) is 17.0. The molecule has 9 nitrogen and oxygen atoms in total. The monoisotopic (exact) mass is 513 g/mol. The maximum atomic E-state index is 13.5. The van der Waals surface area contributed by atoms with Gasteiger partial charge in [-0.15, -0.1) is 0 Å². The Morgan fingerprint density at radius 2 is 1.92 bits per heavy atom. The number of nitrogens with one attached hydrogen (secondary N) is 2. The van der Waals surface area contributed by atoms with Crippen molar-refractivity contribution in [2.45, 2.75) is 52.1 Å². The molecule has 2 aliphatic rings. The van der Waals surface area contributed by atoms with Crippen LogP contribution in [-0.2, 0) is 13.6 Å². The first-order valence-corrected chi connectivity index (χ1v) is 13.6. The van der Waals surface area contributed by atoms with Crippen molar-refractivity contribution in [3.05, 3.63) is 57.6 Å². The molecule has 0 bridgehead atoms. The van der Waals surface area contributed by atoms with Crippen molar-refractivity contribution in [3.63, 3.8) is 0 Å². The highest BCUT2D eigenvalue weighted by molar-refractivity contribution is 5.99. The zero-order valence-electron chi connectivity index (χ0n) is 22.4. The van der Waals surface area contributed by atoms with Gasteiger partial charge in [0.15, 0.2) is 5.78 Å². The smallest absolute Gasteiger partial charge is 0.263 e. The molecule has 1 saturated carbocycles. The van der Waals surface area contributed by atoms with E-state index < -0.39 is 0 Å². The van der Waals surface area contributed by atoms with Gasteiger partial charge in [0, 0.05) is 74.5 Å². The van der Waals surface area contributed by atoms with E-state index in [9.17, 15) is 9.59 Å². The molecule has 198 valence electrons. The summed E-state index contributed by atoms with van der Waals surface area (Å²) in [7, 11) is 2.04. The van der Waals surface area contributed by atoms with Crippen LogP contribution >= 0.6 is 0 Å². The Kier molecular flexibility index (Phi) is 6.49. The fraction of sp³-hybridized carbons (Fsp3) is 0.448. The number of aromatic nitrogens is 4. The number of hydrogen-bond donors (Lipinski definition) is 2. The topological polar surface area (TPSA) is 97.1 Å². The number of piperazine rings is 1. The molecular formula is C29H35N7O2. The quantitative estimate of drug-likeness (QED) is 0.375. The lowest BCUT2D eigenvalue weighted by Gasteiger charge is -2.27. The summed E-state index contributed by atoms with van der Waals surface area (Å²) in [5.41, 5.74) is 4.60. The van der Waals surface area contributed by atoms with Gasteiger partial charge in [-0.2, -0.15) is 4.98 Å². The van der Waals surface area contributed by atoms with Gasteiger partial charge < -0.3 is 15.2 Å². The predicted octanol–water partition coefficient (Wildman–Crippen LogP) is 4.06. The van der Waals surface area contributed by atoms with E-state index in [1.54, 1.807) is 10.8 Å². The SMILES string of the molecule is CC(=O)c1c(C)c2cnc(Nc3cn(C)c4ccc(CN5CCNCC5)cc34)nc2n(C2CCCC2)c1=O. The summed E-state index contributed by atoms with van der Waals surface area (Å²) in [6.07, 6.45) is 7.79. The van der Waals surface area contributed by atoms with Crippen molar-refractivity contribution >= 4 is 39.4 Å². The lowest BCUT2D eigenvalue weighted by molar-refractivity contribution is 0.101. The summed E-state index contributed by atoms with van der Waals surface area (Å²) in [6, 6.07) is 6.68. The van der Waals surface area contributed by atoms with Crippen LogP contribution in [0.25, 0.3) is 21.9 Å². The second-order valence-corrected chi connectivity index (χ2v) is 10.8. The maximum Gasteiger partial charge on any atom is 0.263 e. The third-order valence-electron chi connectivity index (χ3n) is 8.17. The van der Waals surface area contributed by atoms with Gasteiger partial charge in [0.05, 0.1) is 11.3 Å². The Balaban J connectivity index is 1.41. The predicted molar refractivity (Wildman–Crippen MR) is 150 cm³/mol. The molecule has 0 amide bonds. The van der Waals surface area contributed by atoms with Gasteiger partial charge in [0.2, 0.25) is 5.95 Å². The first-order valence-electron chi connectivity index (χ1n) is 13.6. The first kappa shape index (κ1) is 24.8. The van der Waals surface area contributed by atoms with E-state index in [-0.39, 0.29) is 22.9 Å². The molecule has 0 atom stereocenters. The standard InChI is InChI=1S/C29H35N7O2/c1-18-23-15-31-29(33-27(23)36(21-6-4-5-7-21)28(38)26(18)19(2)37)32-24-17-34(3)25-9-8-20(14-22(24)25)16-35-12-10-30-11-13-35/h8-9,14-15,17,21,30H,4-7,10-13,16H2,1-3H3,(H,31,32,33). The Bertz CT molecular complexity index is 1590. The Hall–Kier alpha value is -3.56. The van der Waals surface area contributed by atoms with E-state index in [0.717, 1.165) is 80.4 Å². The average Bonchev–Trinajstić information content (AvgIpc) is 3.53. The third-order valence-corrected chi connectivity index (χ3v) is 8.17. The van der Waals surface area contributed by atoms with Crippen LogP contribution in [0.15, 0.2) is 35.4 Å². The first-order chi connectivity index (χ1) is 18.4.